The Bertz CT molecular complexity index is 1580. The van der Waals surface area contributed by atoms with E-state index in [9.17, 15) is 24.3 Å². The van der Waals surface area contributed by atoms with Crippen molar-refractivity contribution in [2.45, 2.75) is 26.3 Å². The topological polar surface area (TPSA) is 110 Å². The zero-order valence-electron chi connectivity index (χ0n) is 22.9. The summed E-state index contributed by atoms with van der Waals surface area (Å²) in [6, 6.07) is 7.10. The number of benzene rings is 1. The summed E-state index contributed by atoms with van der Waals surface area (Å²) in [5, 5.41) is 12.2. The molecule has 2 aromatic rings. The molecule has 1 aliphatic heterocycles. The number of phenols is 1. The molecule has 2 heterocycles. The van der Waals surface area contributed by atoms with Crippen molar-refractivity contribution in [3.8, 4) is 17.2 Å². The molecule has 1 saturated heterocycles. The monoisotopic (exact) mass is 571 g/mol. The Morgan fingerprint density at radius 2 is 1.80 bits per heavy atom. The number of hydrogen-bond acceptors (Lipinski definition) is 8. The number of methoxy groups -OCH3 is 2. The van der Waals surface area contributed by atoms with Crippen molar-refractivity contribution >= 4 is 40.8 Å². The minimum Gasteiger partial charge on any atom is -0.502 e. The van der Waals surface area contributed by atoms with E-state index in [2.05, 4.69) is 0 Å². The van der Waals surface area contributed by atoms with Gasteiger partial charge >= 0.3 is 0 Å². The van der Waals surface area contributed by atoms with Gasteiger partial charge in [-0.15, -0.1) is 11.3 Å². The van der Waals surface area contributed by atoms with Crippen LogP contribution in [0.5, 0.6) is 17.2 Å². The number of allylic oxidation sites excluding steroid dienone is 7. The molecule has 8 nitrogen and oxygen atoms in total. The number of amides is 2. The van der Waals surface area contributed by atoms with Gasteiger partial charge in [0.15, 0.2) is 23.1 Å². The molecule has 0 spiro atoms. The maximum Gasteiger partial charge on any atom is 0.234 e. The quantitative estimate of drug-likeness (QED) is 0.305. The highest BCUT2D eigenvalue weighted by Gasteiger charge is 2.55. The third-order valence-electron chi connectivity index (χ3n) is 8.58. The number of fused-ring (bicyclic) bond motifs is 3. The lowest BCUT2D eigenvalue weighted by Crippen LogP contribution is -2.40. The zero-order valence-corrected chi connectivity index (χ0v) is 23.7. The van der Waals surface area contributed by atoms with E-state index in [1.165, 1.54) is 36.5 Å². The number of hydrogen-bond donors (Lipinski definition) is 1. The number of carbonyl (C=O) groups excluding carboxylic acids is 4. The molecule has 6 rings (SSSR count). The van der Waals surface area contributed by atoms with Crippen LogP contribution in [0.15, 0.2) is 70.2 Å². The number of ketones is 2. The summed E-state index contributed by atoms with van der Waals surface area (Å²) in [6.07, 6.45) is 7.66. The van der Waals surface area contributed by atoms with Crippen LogP contribution in [0.4, 0.5) is 0 Å². The molecule has 4 aliphatic rings. The molecule has 4 atom stereocenters. The highest BCUT2D eigenvalue weighted by molar-refractivity contribution is 7.09. The molecule has 2 amide bonds. The third-order valence-corrected chi connectivity index (χ3v) is 9.44. The van der Waals surface area contributed by atoms with Crippen molar-refractivity contribution in [1.82, 2.24) is 4.90 Å². The Morgan fingerprint density at radius 3 is 2.46 bits per heavy atom. The molecule has 0 saturated carbocycles. The lowest BCUT2D eigenvalue weighted by Gasteiger charge is -2.41. The number of imide groups is 1. The van der Waals surface area contributed by atoms with Crippen LogP contribution >= 0.6 is 11.3 Å². The number of ether oxygens (including phenoxy) is 2. The summed E-state index contributed by atoms with van der Waals surface area (Å²) in [5.41, 5.74) is 2.75. The van der Waals surface area contributed by atoms with Gasteiger partial charge in [-0.25, -0.2) is 0 Å². The zero-order chi connectivity index (χ0) is 29.0. The van der Waals surface area contributed by atoms with Gasteiger partial charge in [-0.3, -0.25) is 24.1 Å². The van der Waals surface area contributed by atoms with Crippen LogP contribution < -0.4 is 9.47 Å². The van der Waals surface area contributed by atoms with Crippen LogP contribution in [-0.4, -0.2) is 47.6 Å². The summed E-state index contributed by atoms with van der Waals surface area (Å²) in [4.78, 5) is 56.2. The molecule has 0 bridgehead atoms. The van der Waals surface area contributed by atoms with Crippen molar-refractivity contribution in [2.24, 2.45) is 23.7 Å². The fourth-order valence-corrected chi connectivity index (χ4v) is 7.35. The molecular weight excluding hydrogens is 542 g/mol. The fourth-order valence-electron chi connectivity index (χ4n) is 6.66. The highest BCUT2D eigenvalue weighted by Crippen LogP contribution is 2.53. The minimum atomic E-state index is -0.588. The van der Waals surface area contributed by atoms with E-state index in [-0.39, 0.29) is 59.5 Å². The van der Waals surface area contributed by atoms with Gasteiger partial charge in [0.1, 0.15) is 0 Å². The van der Waals surface area contributed by atoms with Crippen molar-refractivity contribution in [3.63, 3.8) is 0 Å². The Morgan fingerprint density at radius 1 is 1.07 bits per heavy atom. The van der Waals surface area contributed by atoms with Crippen molar-refractivity contribution in [1.29, 1.82) is 0 Å². The number of likely N-dealkylation sites (tertiary alicyclic amines) is 1. The minimum absolute atomic E-state index is 0.124. The first-order valence-electron chi connectivity index (χ1n) is 13.4. The normalized spacial score (nSPS) is 25.7. The van der Waals surface area contributed by atoms with E-state index < -0.39 is 17.8 Å². The predicted octanol–water partition coefficient (Wildman–Crippen LogP) is 4.65. The van der Waals surface area contributed by atoms with Gasteiger partial charge in [0.25, 0.3) is 0 Å². The van der Waals surface area contributed by atoms with Gasteiger partial charge in [0.2, 0.25) is 17.6 Å². The van der Waals surface area contributed by atoms with Crippen LogP contribution in [0.25, 0.3) is 6.08 Å². The van der Waals surface area contributed by atoms with E-state index in [4.69, 9.17) is 9.47 Å². The standard InChI is InChI=1S/C32H29NO7S/c1-16-11-24(34)27-20(7-6-17-12-25(39-2)30(36)26(13-17)40-3)19-8-9-21-28(22(19)14-23(27)29(16)35)32(38)33(31(21)37)15-18-5-4-10-41-18/h4-8,10-13,20-22,28,36H,9,14-15H2,1-3H3. The number of rotatable bonds is 6. The molecule has 41 heavy (non-hydrogen) atoms. The van der Waals surface area contributed by atoms with Crippen LogP contribution in [0.1, 0.15) is 30.2 Å². The molecule has 210 valence electrons. The van der Waals surface area contributed by atoms with Gasteiger partial charge < -0.3 is 14.6 Å². The SMILES string of the molecule is COc1cc(C=CC2C3=CCC4C(=O)N(Cc5cccs5)C(=O)C4C3CC3=C2C(=O)C=C(C)C3=O)cc(OC)c1O. The Kier molecular flexibility index (Phi) is 6.77. The number of aromatic hydroxyl groups is 1. The molecular formula is C32H29NO7S. The summed E-state index contributed by atoms with van der Waals surface area (Å²) >= 11 is 1.50. The second-order valence-electron chi connectivity index (χ2n) is 10.7. The van der Waals surface area contributed by atoms with Crippen molar-refractivity contribution in [3.05, 3.63) is 80.6 Å². The summed E-state index contributed by atoms with van der Waals surface area (Å²) in [7, 11) is 2.88. The smallest absolute Gasteiger partial charge is 0.234 e. The Balaban J connectivity index is 1.41. The molecule has 9 heteroatoms. The summed E-state index contributed by atoms with van der Waals surface area (Å²) in [6.45, 7) is 1.87. The first kappa shape index (κ1) is 27.0. The Labute approximate surface area is 241 Å². The molecule has 0 radical (unpaired) electrons. The van der Waals surface area contributed by atoms with Crippen LogP contribution in [0.2, 0.25) is 0 Å². The van der Waals surface area contributed by atoms with Gasteiger partial charge in [-0.05, 0) is 60.9 Å². The largest absolute Gasteiger partial charge is 0.502 e. The van der Waals surface area contributed by atoms with Crippen LogP contribution in [-0.2, 0) is 25.7 Å². The lowest BCUT2D eigenvalue weighted by atomic mass is 9.60. The van der Waals surface area contributed by atoms with Gasteiger partial charge in [0.05, 0.1) is 32.6 Å². The number of nitrogens with zero attached hydrogens (tertiary/aromatic N) is 1. The average molecular weight is 572 g/mol. The highest BCUT2D eigenvalue weighted by atomic mass is 32.1. The lowest BCUT2D eigenvalue weighted by molar-refractivity contribution is -0.140. The van der Waals surface area contributed by atoms with Crippen molar-refractivity contribution in [2.75, 3.05) is 14.2 Å². The summed E-state index contributed by atoms with van der Waals surface area (Å²) < 4.78 is 10.6. The first-order chi connectivity index (χ1) is 19.7. The van der Waals surface area contributed by atoms with E-state index in [1.54, 1.807) is 25.1 Å². The molecule has 1 aromatic heterocycles. The van der Waals surface area contributed by atoms with E-state index in [1.807, 2.05) is 29.7 Å². The number of thiophene rings is 1. The molecule has 1 fully saturated rings. The maximum absolute atomic E-state index is 13.8. The van der Waals surface area contributed by atoms with E-state index >= 15 is 0 Å². The number of phenolic OH excluding ortho intramolecular Hbond substituents is 1. The maximum atomic E-state index is 13.8. The van der Waals surface area contributed by atoms with Crippen LogP contribution in [0, 0.1) is 23.7 Å². The molecule has 4 unspecified atom stereocenters. The van der Waals surface area contributed by atoms with E-state index in [0.29, 0.717) is 28.7 Å². The van der Waals surface area contributed by atoms with E-state index in [0.717, 1.165) is 10.5 Å². The average Bonchev–Trinajstić information content (AvgIpc) is 3.57. The predicted molar refractivity (Wildman–Crippen MR) is 152 cm³/mol. The summed E-state index contributed by atoms with van der Waals surface area (Å²) in [5.74, 6) is -2.48. The van der Waals surface area contributed by atoms with Crippen LogP contribution in [0.3, 0.4) is 0 Å². The van der Waals surface area contributed by atoms with Crippen molar-refractivity contribution < 1.29 is 33.8 Å². The molecule has 3 aliphatic carbocycles. The van der Waals surface area contributed by atoms with Gasteiger partial charge in [0, 0.05) is 27.5 Å². The fraction of sp³-hybridized carbons (Fsp3) is 0.312. The molecule has 1 aromatic carbocycles. The van der Waals surface area contributed by atoms with Gasteiger partial charge in [-0.1, -0.05) is 29.9 Å². The third kappa shape index (κ3) is 4.35. The number of Topliss-reactive ketones (excluding diaryl/α,β-unsaturated/α-hetero) is 1. The Hall–Kier alpha value is -4.24. The van der Waals surface area contributed by atoms with Gasteiger partial charge in [-0.2, -0.15) is 0 Å². The second kappa shape index (κ2) is 10.3. The molecule has 1 N–H and O–H groups in total. The number of carbonyl (C=O) groups is 4. The second-order valence-corrected chi connectivity index (χ2v) is 11.8. The first-order valence-corrected chi connectivity index (χ1v) is 14.3.